The van der Waals surface area contributed by atoms with Crippen LogP contribution < -0.4 is 10.2 Å². The van der Waals surface area contributed by atoms with Gasteiger partial charge in [0.1, 0.15) is 12.4 Å². The van der Waals surface area contributed by atoms with E-state index in [0.717, 1.165) is 0 Å². The molecule has 1 N–H and O–H groups in total. The largest absolute Gasteiger partial charge is 0.323 e. The molecular weight excluding hydrogens is 393 g/mol. The van der Waals surface area contributed by atoms with Gasteiger partial charge in [-0.3, -0.25) is 14.5 Å². The molecule has 7 nitrogen and oxygen atoms in total. The second kappa shape index (κ2) is 7.67. The molecule has 2 aromatic carbocycles. The van der Waals surface area contributed by atoms with Crippen molar-refractivity contribution in [1.82, 2.24) is 14.8 Å². The van der Waals surface area contributed by atoms with Crippen molar-refractivity contribution in [2.45, 2.75) is 17.3 Å². The topological polar surface area (TPSA) is 80.1 Å². The lowest BCUT2D eigenvalue weighted by Crippen LogP contribution is -2.45. The Morgan fingerprint density at radius 3 is 2.69 bits per heavy atom. The standard InChI is InChI=1S/C20H18FN5O2S/c1-12(19(28)26-11-17(27)22-15-9-5-6-10-16(15)26)29-20-24-23-18(25(20)2)13-7-3-4-8-14(13)21/h3-10,12H,11H2,1-2H3,(H,22,27)/t12-/m1/s1. The summed E-state index contributed by atoms with van der Waals surface area (Å²) in [5.74, 6) is -0.463. The number of nitrogens with zero attached hydrogens (tertiary/aromatic N) is 4. The Hall–Kier alpha value is -3.20. The third-order valence-electron chi connectivity index (χ3n) is 4.62. The van der Waals surface area contributed by atoms with Crippen LogP contribution in [0, 0.1) is 5.82 Å². The maximum Gasteiger partial charge on any atom is 0.244 e. The number of rotatable bonds is 4. The highest BCUT2D eigenvalue weighted by Gasteiger charge is 2.31. The Morgan fingerprint density at radius 1 is 1.17 bits per heavy atom. The normalized spacial score (nSPS) is 14.3. The number of hydrogen-bond acceptors (Lipinski definition) is 5. The van der Waals surface area contributed by atoms with Gasteiger partial charge in [0.15, 0.2) is 11.0 Å². The molecule has 0 fully saturated rings. The van der Waals surface area contributed by atoms with Crippen LogP contribution in [-0.2, 0) is 16.6 Å². The molecule has 3 aromatic rings. The molecule has 2 amide bonds. The monoisotopic (exact) mass is 411 g/mol. The Morgan fingerprint density at radius 2 is 1.90 bits per heavy atom. The molecule has 1 aromatic heterocycles. The van der Waals surface area contributed by atoms with Gasteiger partial charge in [-0.15, -0.1) is 10.2 Å². The first-order chi connectivity index (χ1) is 14.0. The van der Waals surface area contributed by atoms with Crippen molar-refractivity contribution in [3.63, 3.8) is 0 Å². The lowest BCUT2D eigenvalue weighted by atomic mass is 10.2. The molecule has 0 radical (unpaired) electrons. The number of nitrogens with one attached hydrogen (secondary N) is 1. The van der Waals surface area contributed by atoms with E-state index in [2.05, 4.69) is 15.5 Å². The molecule has 0 spiro atoms. The number of halogens is 1. The molecule has 1 aliphatic heterocycles. The molecule has 9 heteroatoms. The quantitative estimate of drug-likeness (QED) is 0.668. The van der Waals surface area contributed by atoms with Crippen molar-refractivity contribution in [2.75, 3.05) is 16.8 Å². The highest BCUT2D eigenvalue weighted by atomic mass is 32.2. The van der Waals surface area contributed by atoms with E-state index >= 15 is 0 Å². The van der Waals surface area contributed by atoms with Gasteiger partial charge < -0.3 is 9.88 Å². The van der Waals surface area contributed by atoms with E-state index in [0.29, 0.717) is 27.9 Å². The van der Waals surface area contributed by atoms with Gasteiger partial charge in [0, 0.05) is 7.05 Å². The summed E-state index contributed by atoms with van der Waals surface area (Å²) in [5, 5.41) is 10.9. The third-order valence-corrected chi connectivity index (χ3v) is 5.74. The number of carbonyl (C=O) groups excluding carboxylic acids is 2. The molecular formula is C20H18FN5O2S. The van der Waals surface area contributed by atoms with Gasteiger partial charge in [-0.2, -0.15) is 0 Å². The van der Waals surface area contributed by atoms with Crippen molar-refractivity contribution in [2.24, 2.45) is 7.05 Å². The third kappa shape index (κ3) is 3.61. The summed E-state index contributed by atoms with van der Waals surface area (Å²) >= 11 is 1.21. The van der Waals surface area contributed by atoms with Gasteiger partial charge >= 0.3 is 0 Å². The molecule has 2 heterocycles. The molecule has 1 atom stereocenters. The fourth-order valence-corrected chi connectivity index (χ4v) is 4.03. The summed E-state index contributed by atoms with van der Waals surface area (Å²) in [4.78, 5) is 26.5. The SMILES string of the molecule is C[C@@H](Sc1nnc(-c2ccccc2F)n1C)C(=O)N1CC(=O)Nc2ccccc21. The van der Waals surface area contributed by atoms with Crippen LogP contribution in [0.2, 0.25) is 0 Å². The van der Waals surface area contributed by atoms with E-state index in [1.807, 2.05) is 6.07 Å². The number of aromatic nitrogens is 3. The van der Waals surface area contributed by atoms with Gasteiger partial charge in [0.25, 0.3) is 0 Å². The summed E-state index contributed by atoms with van der Waals surface area (Å²) in [6.07, 6.45) is 0. The first kappa shape index (κ1) is 19.1. The number of para-hydroxylation sites is 2. The van der Waals surface area contributed by atoms with Crippen LogP contribution >= 0.6 is 11.8 Å². The number of amides is 2. The fraction of sp³-hybridized carbons (Fsp3) is 0.200. The lowest BCUT2D eigenvalue weighted by Gasteiger charge is -2.30. The number of fused-ring (bicyclic) bond motifs is 1. The summed E-state index contributed by atoms with van der Waals surface area (Å²) in [6, 6.07) is 13.5. The van der Waals surface area contributed by atoms with Gasteiger partial charge in [-0.25, -0.2) is 4.39 Å². The maximum atomic E-state index is 14.1. The minimum absolute atomic E-state index is 0.0416. The van der Waals surface area contributed by atoms with Crippen molar-refractivity contribution in [3.8, 4) is 11.4 Å². The zero-order valence-corrected chi connectivity index (χ0v) is 16.6. The predicted molar refractivity (Wildman–Crippen MR) is 109 cm³/mol. The van der Waals surface area contributed by atoms with Crippen LogP contribution in [0.5, 0.6) is 0 Å². The number of anilines is 2. The van der Waals surface area contributed by atoms with Crippen LogP contribution in [0.3, 0.4) is 0 Å². The maximum absolute atomic E-state index is 14.1. The Labute approximate surface area is 170 Å². The first-order valence-corrected chi connectivity index (χ1v) is 9.85. The first-order valence-electron chi connectivity index (χ1n) is 8.97. The summed E-state index contributed by atoms with van der Waals surface area (Å²) in [6.45, 7) is 1.71. The summed E-state index contributed by atoms with van der Waals surface area (Å²) in [7, 11) is 1.73. The molecule has 4 rings (SSSR count). The summed E-state index contributed by atoms with van der Waals surface area (Å²) < 4.78 is 15.7. The Kier molecular flexibility index (Phi) is 5.06. The van der Waals surface area contributed by atoms with Crippen molar-refractivity contribution >= 4 is 35.0 Å². The van der Waals surface area contributed by atoms with Gasteiger partial charge in [-0.05, 0) is 31.2 Å². The molecule has 1 aliphatic rings. The predicted octanol–water partition coefficient (Wildman–Crippen LogP) is 3.09. The minimum Gasteiger partial charge on any atom is -0.323 e. The van der Waals surface area contributed by atoms with E-state index in [-0.39, 0.29) is 24.2 Å². The number of hydrogen-bond donors (Lipinski definition) is 1. The van der Waals surface area contributed by atoms with Crippen LogP contribution in [0.25, 0.3) is 11.4 Å². The van der Waals surface area contributed by atoms with E-state index in [1.54, 1.807) is 54.9 Å². The van der Waals surface area contributed by atoms with E-state index in [1.165, 1.54) is 22.7 Å². The number of thioether (sulfide) groups is 1. The molecule has 29 heavy (non-hydrogen) atoms. The minimum atomic E-state index is -0.523. The van der Waals surface area contributed by atoms with Crippen LogP contribution in [-0.4, -0.2) is 38.4 Å². The number of benzene rings is 2. The average Bonchev–Trinajstić information content (AvgIpc) is 3.07. The van der Waals surface area contributed by atoms with E-state index in [4.69, 9.17) is 0 Å². The molecule has 148 valence electrons. The smallest absolute Gasteiger partial charge is 0.244 e. The van der Waals surface area contributed by atoms with Crippen LogP contribution in [0.4, 0.5) is 15.8 Å². The molecule has 0 saturated heterocycles. The van der Waals surface area contributed by atoms with Crippen molar-refractivity contribution in [3.05, 3.63) is 54.3 Å². The molecule has 0 unspecified atom stereocenters. The zero-order chi connectivity index (χ0) is 20.5. The highest BCUT2D eigenvalue weighted by molar-refractivity contribution is 8.00. The Bertz CT molecular complexity index is 1100. The summed E-state index contributed by atoms with van der Waals surface area (Å²) in [5.41, 5.74) is 1.61. The van der Waals surface area contributed by atoms with Gasteiger partial charge in [0.05, 0.1) is 22.2 Å². The highest BCUT2D eigenvalue weighted by Crippen LogP contribution is 2.32. The van der Waals surface area contributed by atoms with Crippen LogP contribution in [0.15, 0.2) is 53.7 Å². The second-order valence-corrected chi connectivity index (χ2v) is 7.90. The Balaban J connectivity index is 1.56. The van der Waals surface area contributed by atoms with Gasteiger partial charge in [-0.1, -0.05) is 36.0 Å². The second-order valence-electron chi connectivity index (χ2n) is 6.59. The fourth-order valence-electron chi connectivity index (χ4n) is 3.15. The van der Waals surface area contributed by atoms with E-state index < -0.39 is 5.25 Å². The van der Waals surface area contributed by atoms with Crippen molar-refractivity contribution < 1.29 is 14.0 Å². The number of carbonyl (C=O) groups is 2. The van der Waals surface area contributed by atoms with Crippen molar-refractivity contribution in [1.29, 1.82) is 0 Å². The zero-order valence-electron chi connectivity index (χ0n) is 15.8. The van der Waals surface area contributed by atoms with Crippen LogP contribution in [0.1, 0.15) is 6.92 Å². The van der Waals surface area contributed by atoms with E-state index in [9.17, 15) is 14.0 Å². The molecule has 0 saturated carbocycles. The lowest BCUT2D eigenvalue weighted by molar-refractivity contribution is -0.121. The average molecular weight is 411 g/mol. The molecule has 0 bridgehead atoms. The molecule has 0 aliphatic carbocycles. The van der Waals surface area contributed by atoms with Gasteiger partial charge in [0.2, 0.25) is 11.8 Å².